The predicted octanol–water partition coefficient (Wildman–Crippen LogP) is 1.71. The second-order valence-electron chi connectivity index (χ2n) is 5.53. The van der Waals surface area contributed by atoms with Crippen molar-refractivity contribution in [3.63, 3.8) is 0 Å². The number of carboxylic acid groups (broad SMARTS) is 1. The van der Waals surface area contributed by atoms with Crippen LogP contribution in [0.5, 0.6) is 0 Å². The van der Waals surface area contributed by atoms with Crippen LogP contribution in [0.1, 0.15) is 41.9 Å². The van der Waals surface area contributed by atoms with E-state index in [4.69, 9.17) is 5.11 Å². The Bertz CT molecular complexity index is 501. The summed E-state index contributed by atoms with van der Waals surface area (Å²) in [5.74, 6) is -0.920. The number of hydrogen-bond donors (Lipinski definition) is 2. The fourth-order valence-corrected chi connectivity index (χ4v) is 2.61. The third kappa shape index (κ3) is 2.80. The number of amides is 1. The van der Waals surface area contributed by atoms with Gasteiger partial charge >= 0.3 is 5.97 Å². The smallest absolute Gasteiger partial charge is 0.303 e. The van der Waals surface area contributed by atoms with Crippen LogP contribution < -0.4 is 5.32 Å². The minimum absolute atomic E-state index is 0.132. The monoisotopic (exact) mass is 264 g/mol. The molecule has 1 heterocycles. The first kappa shape index (κ1) is 13.6. The van der Waals surface area contributed by atoms with E-state index in [-0.39, 0.29) is 17.7 Å². The number of carbonyl (C=O) groups is 2. The second-order valence-corrected chi connectivity index (χ2v) is 5.53. The number of carbonyl (C=O) groups excluding carboxylic acids is 1. The lowest BCUT2D eigenvalue weighted by Gasteiger charge is -2.40. The van der Waals surface area contributed by atoms with Crippen molar-refractivity contribution < 1.29 is 14.7 Å². The zero-order chi connectivity index (χ0) is 14.0. The molecule has 0 aliphatic heterocycles. The topological polar surface area (TPSA) is 71.3 Å². The van der Waals surface area contributed by atoms with Crippen molar-refractivity contribution in [3.05, 3.63) is 23.5 Å². The molecular formula is C14H20N2O3. The highest BCUT2D eigenvalue weighted by atomic mass is 16.4. The Kier molecular flexibility index (Phi) is 3.64. The number of aromatic nitrogens is 1. The van der Waals surface area contributed by atoms with Crippen molar-refractivity contribution in [2.24, 2.45) is 12.5 Å². The molecule has 0 saturated heterocycles. The molecule has 104 valence electrons. The minimum atomic E-state index is -0.788. The zero-order valence-corrected chi connectivity index (χ0v) is 11.4. The highest BCUT2D eigenvalue weighted by Crippen LogP contribution is 2.43. The normalized spacial score (nSPS) is 16.7. The maximum Gasteiger partial charge on any atom is 0.303 e. The van der Waals surface area contributed by atoms with Crippen LogP contribution in [0.2, 0.25) is 0 Å². The fraction of sp³-hybridized carbons (Fsp3) is 0.571. The van der Waals surface area contributed by atoms with Crippen molar-refractivity contribution in [1.29, 1.82) is 0 Å². The van der Waals surface area contributed by atoms with E-state index in [0.717, 1.165) is 25.0 Å². The Morgan fingerprint density at radius 2 is 2.11 bits per heavy atom. The second kappa shape index (κ2) is 5.07. The van der Waals surface area contributed by atoms with Gasteiger partial charge < -0.3 is 15.0 Å². The lowest BCUT2D eigenvalue weighted by Crippen LogP contribution is -2.43. The molecule has 1 saturated carbocycles. The average Bonchev–Trinajstić information content (AvgIpc) is 2.62. The minimum Gasteiger partial charge on any atom is -0.481 e. The van der Waals surface area contributed by atoms with Gasteiger partial charge in [0, 0.05) is 19.3 Å². The summed E-state index contributed by atoms with van der Waals surface area (Å²) in [7, 11) is 1.85. The van der Waals surface area contributed by atoms with Gasteiger partial charge in [-0.3, -0.25) is 9.59 Å². The third-order valence-corrected chi connectivity index (χ3v) is 4.17. The molecule has 0 radical (unpaired) electrons. The molecule has 0 spiro atoms. The lowest BCUT2D eigenvalue weighted by molar-refractivity contribution is -0.141. The summed E-state index contributed by atoms with van der Waals surface area (Å²) in [6.07, 6.45) is 2.95. The molecule has 1 aliphatic rings. The van der Waals surface area contributed by atoms with Crippen molar-refractivity contribution in [3.8, 4) is 0 Å². The molecule has 0 bridgehead atoms. The first-order valence-electron chi connectivity index (χ1n) is 6.56. The van der Waals surface area contributed by atoms with E-state index in [9.17, 15) is 9.59 Å². The molecule has 2 rings (SSSR count). The van der Waals surface area contributed by atoms with E-state index in [0.29, 0.717) is 12.2 Å². The molecule has 1 aromatic rings. The molecular weight excluding hydrogens is 244 g/mol. The summed E-state index contributed by atoms with van der Waals surface area (Å²) in [4.78, 5) is 22.9. The average molecular weight is 264 g/mol. The Labute approximate surface area is 112 Å². The third-order valence-electron chi connectivity index (χ3n) is 4.17. The van der Waals surface area contributed by atoms with Gasteiger partial charge in [0.15, 0.2) is 0 Å². The number of aryl methyl sites for hydroxylation is 1. The van der Waals surface area contributed by atoms with E-state index in [2.05, 4.69) is 5.32 Å². The Hall–Kier alpha value is -1.78. The van der Waals surface area contributed by atoms with Gasteiger partial charge in [0.05, 0.1) is 6.42 Å². The van der Waals surface area contributed by atoms with Crippen molar-refractivity contribution in [2.75, 3.05) is 6.54 Å². The number of rotatable bonds is 5. The molecule has 0 unspecified atom stereocenters. The van der Waals surface area contributed by atoms with Crippen LogP contribution in [0.15, 0.2) is 12.1 Å². The van der Waals surface area contributed by atoms with Gasteiger partial charge in [-0.15, -0.1) is 0 Å². The quantitative estimate of drug-likeness (QED) is 0.850. The lowest BCUT2D eigenvalue weighted by atomic mass is 9.66. The Morgan fingerprint density at radius 3 is 2.53 bits per heavy atom. The highest BCUT2D eigenvalue weighted by Gasteiger charge is 2.39. The van der Waals surface area contributed by atoms with Crippen LogP contribution in [-0.2, 0) is 11.8 Å². The molecule has 5 heteroatoms. The number of nitrogens with zero attached hydrogens (tertiary/aromatic N) is 1. The van der Waals surface area contributed by atoms with Crippen LogP contribution in [0.4, 0.5) is 0 Å². The predicted molar refractivity (Wildman–Crippen MR) is 71.0 cm³/mol. The molecule has 0 atom stereocenters. The summed E-state index contributed by atoms with van der Waals surface area (Å²) < 4.78 is 1.83. The molecule has 19 heavy (non-hydrogen) atoms. The largest absolute Gasteiger partial charge is 0.481 e. The summed E-state index contributed by atoms with van der Waals surface area (Å²) in [6.45, 7) is 2.39. The standard InChI is InChI=1S/C14H20N2O3/c1-10-4-5-11(16(10)2)13(19)15-9-14(6-3-7-14)8-12(17)18/h4-5H,3,6-9H2,1-2H3,(H,15,19)(H,17,18). The number of nitrogens with one attached hydrogen (secondary N) is 1. The van der Waals surface area contributed by atoms with E-state index in [1.807, 2.05) is 24.6 Å². The maximum atomic E-state index is 12.1. The summed E-state index contributed by atoms with van der Waals surface area (Å²) in [5.41, 5.74) is 1.40. The van der Waals surface area contributed by atoms with Gasteiger partial charge in [-0.1, -0.05) is 6.42 Å². The van der Waals surface area contributed by atoms with E-state index >= 15 is 0 Å². The number of carboxylic acids is 1. The maximum absolute atomic E-state index is 12.1. The van der Waals surface area contributed by atoms with Crippen LogP contribution in [-0.4, -0.2) is 28.1 Å². The van der Waals surface area contributed by atoms with Crippen LogP contribution >= 0.6 is 0 Å². The van der Waals surface area contributed by atoms with Gasteiger partial charge in [0.25, 0.3) is 5.91 Å². The van der Waals surface area contributed by atoms with E-state index in [1.165, 1.54) is 0 Å². The summed E-state index contributed by atoms with van der Waals surface area (Å²) in [6, 6.07) is 3.68. The SMILES string of the molecule is Cc1ccc(C(=O)NCC2(CC(=O)O)CCC2)n1C. The number of aliphatic carboxylic acids is 1. The number of hydrogen-bond acceptors (Lipinski definition) is 2. The molecule has 1 aromatic heterocycles. The van der Waals surface area contributed by atoms with Gasteiger partial charge in [-0.05, 0) is 37.3 Å². The Morgan fingerprint density at radius 1 is 1.42 bits per heavy atom. The molecule has 1 fully saturated rings. The first-order chi connectivity index (χ1) is 8.93. The van der Waals surface area contributed by atoms with Gasteiger partial charge in [-0.25, -0.2) is 0 Å². The Balaban J connectivity index is 1.96. The van der Waals surface area contributed by atoms with E-state index in [1.54, 1.807) is 6.07 Å². The summed E-state index contributed by atoms with van der Waals surface area (Å²) in [5, 5.41) is 11.8. The van der Waals surface area contributed by atoms with Crippen molar-refractivity contribution in [2.45, 2.75) is 32.6 Å². The molecule has 1 aliphatic carbocycles. The zero-order valence-electron chi connectivity index (χ0n) is 11.4. The van der Waals surface area contributed by atoms with Crippen molar-refractivity contribution >= 4 is 11.9 Å². The van der Waals surface area contributed by atoms with Gasteiger partial charge in [-0.2, -0.15) is 0 Å². The molecule has 5 nitrogen and oxygen atoms in total. The van der Waals surface area contributed by atoms with Crippen LogP contribution in [0.25, 0.3) is 0 Å². The fourth-order valence-electron chi connectivity index (χ4n) is 2.61. The van der Waals surface area contributed by atoms with Gasteiger partial charge in [0.2, 0.25) is 0 Å². The first-order valence-corrected chi connectivity index (χ1v) is 6.56. The molecule has 2 N–H and O–H groups in total. The molecule has 0 aromatic carbocycles. The van der Waals surface area contributed by atoms with Crippen LogP contribution in [0.3, 0.4) is 0 Å². The summed E-state index contributed by atoms with van der Waals surface area (Å²) >= 11 is 0. The van der Waals surface area contributed by atoms with Gasteiger partial charge in [0.1, 0.15) is 5.69 Å². The molecule has 1 amide bonds. The van der Waals surface area contributed by atoms with Crippen LogP contribution in [0, 0.1) is 12.3 Å². The van der Waals surface area contributed by atoms with E-state index < -0.39 is 5.97 Å². The highest BCUT2D eigenvalue weighted by molar-refractivity contribution is 5.92. The van der Waals surface area contributed by atoms with Crippen molar-refractivity contribution in [1.82, 2.24) is 9.88 Å².